The molecular formula is C26H24ClN5O8. The molecule has 0 spiro atoms. The van der Waals surface area contributed by atoms with E-state index in [0.717, 1.165) is 6.21 Å². The number of rotatable bonds is 9. The number of carbonyl (C=O) groups is 5. The second-order valence-corrected chi connectivity index (χ2v) is 8.17. The number of benzene rings is 2. The van der Waals surface area contributed by atoms with Crippen molar-refractivity contribution in [3.63, 3.8) is 0 Å². The van der Waals surface area contributed by atoms with Gasteiger partial charge in [-0.25, -0.2) is 10.2 Å². The summed E-state index contributed by atoms with van der Waals surface area (Å²) in [5.74, 6) is -3.60. The highest BCUT2D eigenvalue weighted by atomic mass is 35.5. The maximum absolute atomic E-state index is 12.1. The van der Waals surface area contributed by atoms with E-state index >= 15 is 0 Å². The van der Waals surface area contributed by atoms with Crippen molar-refractivity contribution < 1.29 is 37.9 Å². The molecule has 1 heterocycles. The molecule has 2 aromatic carbocycles. The van der Waals surface area contributed by atoms with Gasteiger partial charge in [0.05, 0.1) is 37.7 Å². The van der Waals surface area contributed by atoms with Gasteiger partial charge in [-0.1, -0.05) is 11.6 Å². The Morgan fingerprint density at radius 2 is 1.65 bits per heavy atom. The van der Waals surface area contributed by atoms with Gasteiger partial charge >= 0.3 is 29.6 Å². The summed E-state index contributed by atoms with van der Waals surface area (Å²) in [6, 6.07) is 13.4. The third kappa shape index (κ3) is 8.43. The molecule has 0 saturated carbocycles. The summed E-state index contributed by atoms with van der Waals surface area (Å²) in [7, 11) is 1.40. The zero-order chi connectivity index (χ0) is 29.1. The van der Waals surface area contributed by atoms with E-state index in [4.69, 9.17) is 25.5 Å². The number of hydrazone groups is 1. The Balaban J connectivity index is 1.44. The number of amides is 4. The summed E-state index contributed by atoms with van der Waals surface area (Å²) < 4.78 is 15.4. The maximum Gasteiger partial charge on any atom is 0.338 e. The Morgan fingerprint density at radius 3 is 2.35 bits per heavy atom. The summed E-state index contributed by atoms with van der Waals surface area (Å²) in [5, 5.41) is 11.2. The van der Waals surface area contributed by atoms with E-state index in [0.29, 0.717) is 27.8 Å². The van der Waals surface area contributed by atoms with E-state index in [-0.39, 0.29) is 24.6 Å². The molecule has 0 unspecified atom stereocenters. The summed E-state index contributed by atoms with van der Waals surface area (Å²) in [5.41, 5.74) is 2.88. The quantitative estimate of drug-likeness (QED) is 0.131. The first-order valence-corrected chi connectivity index (χ1v) is 12.0. The van der Waals surface area contributed by atoms with Crippen LogP contribution in [0.15, 0.2) is 64.1 Å². The number of furan rings is 1. The molecule has 0 aliphatic carbocycles. The van der Waals surface area contributed by atoms with E-state index < -0.39 is 29.6 Å². The van der Waals surface area contributed by atoms with Gasteiger partial charge in [0.15, 0.2) is 0 Å². The fraction of sp³-hybridized carbons (Fsp3) is 0.154. The molecule has 40 heavy (non-hydrogen) atoms. The molecule has 14 heteroatoms. The number of anilines is 2. The number of hydrogen-bond donors (Lipinski definition) is 4. The summed E-state index contributed by atoms with van der Waals surface area (Å²) in [4.78, 5) is 60.1. The zero-order valence-corrected chi connectivity index (χ0v) is 22.0. The van der Waals surface area contributed by atoms with Crippen molar-refractivity contribution in [3.8, 4) is 5.75 Å². The third-order valence-corrected chi connectivity index (χ3v) is 5.17. The lowest BCUT2D eigenvalue weighted by molar-refractivity contribution is -0.136. The second kappa shape index (κ2) is 14.1. The average Bonchev–Trinajstić information content (AvgIpc) is 3.39. The van der Waals surface area contributed by atoms with Crippen LogP contribution in [0, 0.1) is 0 Å². The number of esters is 1. The average molecular weight is 570 g/mol. The number of nitrogens with one attached hydrogen (secondary N) is 4. The Bertz CT molecular complexity index is 1440. The first kappa shape index (κ1) is 29.4. The molecule has 208 valence electrons. The van der Waals surface area contributed by atoms with Gasteiger partial charge in [-0.15, -0.1) is 0 Å². The first-order chi connectivity index (χ1) is 19.2. The molecule has 0 atom stereocenters. The van der Waals surface area contributed by atoms with Crippen LogP contribution in [-0.4, -0.2) is 49.5 Å². The van der Waals surface area contributed by atoms with E-state index in [9.17, 15) is 24.0 Å². The van der Waals surface area contributed by atoms with Crippen LogP contribution in [0.3, 0.4) is 0 Å². The Labute approximate surface area is 232 Å². The van der Waals surface area contributed by atoms with Crippen molar-refractivity contribution >= 4 is 58.8 Å². The number of nitrogens with zero attached hydrogens (tertiary/aromatic N) is 1. The van der Waals surface area contributed by atoms with Crippen molar-refractivity contribution in [1.29, 1.82) is 0 Å². The van der Waals surface area contributed by atoms with E-state index in [1.807, 2.05) is 0 Å². The van der Waals surface area contributed by atoms with Gasteiger partial charge in [-0.3, -0.25) is 19.2 Å². The highest BCUT2D eigenvalue weighted by Crippen LogP contribution is 2.27. The van der Waals surface area contributed by atoms with Gasteiger partial charge in [0.1, 0.15) is 17.3 Å². The molecule has 4 N–H and O–H groups in total. The maximum atomic E-state index is 12.1. The van der Waals surface area contributed by atoms with Crippen LogP contribution >= 0.6 is 11.6 Å². The van der Waals surface area contributed by atoms with Crippen LogP contribution in [-0.2, 0) is 30.5 Å². The van der Waals surface area contributed by atoms with Gasteiger partial charge in [-0.2, -0.15) is 5.10 Å². The molecule has 0 radical (unpaired) electrons. The van der Waals surface area contributed by atoms with E-state index in [2.05, 4.69) is 26.5 Å². The van der Waals surface area contributed by atoms with Gasteiger partial charge < -0.3 is 29.8 Å². The van der Waals surface area contributed by atoms with Gasteiger partial charge in [0.25, 0.3) is 0 Å². The van der Waals surface area contributed by atoms with Crippen LogP contribution in [0.1, 0.15) is 28.8 Å². The minimum absolute atomic E-state index is 0.113. The zero-order valence-electron chi connectivity index (χ0n) is 21.3. The predicted molar refractivity (Wildman–Crippen MR) is 144 cm³/mol. The lowest BCUT2D eigenvalue weighted by Gasteiger charge is -2.09. The van der Waals surface area contributed by atoms with Crippen LogP contribution in [0.4, 0.5) is 11.4 Å². The molecule has 0 bridgehead atoms. The normalized spacial score (nSPS) is 10.5. The number of methoxy groups -OCH3 is 1. The number of halogens is 1. The number of hydrogen-bond acceptors (Lipinski definition) is 9. The SMILES string of the molecule is CCOC(=O)c1ccc(NC(=O)C(=O)NCc2ccc(/C=N/NC(=O)C(=O)Nc3cc(Cl)ccc3OC)o2)cc1. The molecule has 0 aliphatic heterocycles. The number of ether oxygens (including phenoxy) is 2. The van der Waals surface area contributed by atoms with Crippen LogP contribution in [0.2, 0.25) is 5.02 Å². The van der Waals surface area contributed by atoms with Crippen LogP contribution in [0.25, 0.3) is 0 Å². The Morgan fingerprint density at radius 1 is 0.925 bits per heavy atom. The first-order valence-electron chi connectivity index (χ1n) is 11.6. The fourth-order valence-corrected chi connectivity index (χ4v) is 3.23. The molecule has 3 aromatic rings. The Kier molecular flexibility index (Phi) is 10.4. The molecule has 0 saturated heterocycles. The fourth-order valence-electron chi connectivity index (χ4n) is 3.06. The van der Waals surface area contributed by atoms with Crippen molar-refractivity contribution in [1.82, 2.24) is 10.7 Å². The lowest BCUT2D eigenvalue weighted by Crippen LogP contribution is -2.34. The van der Waals surface area contributed by atoms with Crippen molar-refractivity contribution in [2.75, 3.05) is 24.4 Å². The molecule has 0 fully saturated rings. The smallest absolute Gasteiger partial charge is 0.338 e. The molecule has 1 aromatic heterocycles. The monoisotopic (exact) mass is 569 g/mol. The van der Waals surface area contributed by atoms with Gasteiger partial charge in [-0.05, 0) is 61.5 Å². The highest BCUT2D eigenvalue weighted by molar-refractivity contribution is 6.40. The summed E-state index contributed by atoms with van der Waals surface area (Å²) in [6.07, 6.45) is 1.14. The third-order valence-electron chi connectivity index (χ3n) is 4.94. The van der Waals surface area contributed by atoms with Gasteiger partial charge in [0, 0.05) is 10.7 Å². The predicted octanol–water partition coefficient (Wildman–Crippen LogP) is 2.46. The molecular weight excluding hydrogens is 546 g/mol. The summed E-state index contributed by atoms with van der Waals surface area (Å²) in [6.45, 7) is 1.81. The topological polar surface area (TPSA) is 177 Å². The second-order valence-electron chi connectivity index (χ2n) is 7.74. The van der Waals surface area contributed by atoms with E-state index in [1.54, 1.807) is 13.0 Å². The van der Waals surface area contributed by atoms with Crippen molar-refractivity contribution in [2.45, 2.75) is 13.5 Å². The van der Waals surface area contributed by atoms with Crippen LogP contribution < -0.4 is 26.1 Å². The number of carbonyl (C=O) groups excluding carboxylic acids is 5. The molecule has 3 rings (SSSR count). The molecule has 13 nitrogen and oxygen atoms in total. The molecule has 4 amide bonds. The Hall–Kier alpha value is -5.17. The largest absolute Gasteiger partial charge is 0.495 e. The standard InChI is InChI=1S/C26H24ClN5O8/c1-3-39-26(37)15-4-7-17(8-5-15)30-23(34)22(33)28-13-18-9-10-19(40-18)14-29-32-25(36)24(35)31-20-12-16(27)6-11-21(20)38-2/h4-12,14H,3,13H2,1-2H3,(H,28,33)(H,30,34)(H,31,35)(H,32,36)/b29-14+. The highest BCUT2D eigenvalue weighted by Gasteiger charge is 2.17. The molecule has 0 aliphatic rings. The lowest BCUT2D eigenvalue weighted by atomic mass is 10.2. The van der Waals surface area contributed by atoms with Gasteiger partial charge in [0.2, 0.25) is 0 Å². The van der Waals surface area contributed by atoms with E-state index in [1.165, 1.54) is 55.6 Å². The van der Waals surface area contributed by atoms with Crippen LogP contribution in [0.5, 0.6) is 5.75 Å². The van der Waals surface area contributed by atoms with Crippen molar-refractivity contribution in [2.24, 2.45) is 5.10 Å². The summed E-state index contributed by atoms with van der Waals surface area (Å²) >= 11 is 5.90. The minimum atomic E-state index is -1.06. The minimum Gasteiger partial charge on any atom is -0.495 e. The van der Waals surface area contributed by atoms with Crippen molar-refractivity contribution in [3.05, 3.63) is 76.7 Å².